The smallest absolute Gasteiger partial charge is 0.257 e. The van der Waals surface area contributed by atoms with Crippen molar-refractivity contribution in [1.82, 2.24) is 10.2 Å². The van der Waals surface area contributed by atoms with Gasteiger partial charge in [0.2, 0.25) is 5.82 Å². The SMILES string of the molecule is CC1C(CN2CCCCCCC2)OC(c2ccc(-c3cccc(CNC(=O)c4c(F)c(F)c(F)c(F)c4F)c3)cc2)OC1c1ccc(CO)cc1. The number of carbonyl (C=O) groups is 1. The molecule has 0 aromatic heterocycles. The third kappa shape index (κ3) is 8.33. The van der Waals surface area contributed by atoms with E-state index in [4.69, 9.17) is 9.47 Å². The van der Waals surface area contributed by atoms with Crippen molar-refractivity contribution in [1.29, 1.82) is 0 Å². The number of aliphatic hydroxyl groups is 1. The molecule has 6 nitrogen and oxygen atoms in total. The Morgan fingerprint density at radius 2 is 1.35 bits per heavy atom. The second kappa shape index (κ2) is 16.5. The molecule has 2 heterocycles. The Labute approximate surface area is 294 Å². The molecule has 0 bridgehead atoms. The molecular formula is C40H41F5N2O4. The Hall–Kier alpha value is -4.16. The first-order chi connectivity index (χ1) is 24.6. The Morgan fingerprint density at radius 1 is 0.745 bits per heavy atom. The van der Waals surface area contributed by atoms with Crippen LogP contribution in [0.15, 0.2) is 72.8 Å². The quantitative estimate of drug-likeness (QED) is 0.104. The van der Waals surface area contributed by atoms with Crippen LogP contribution >= 0.6 is 0 Å². The van der Waals surface area contributed by atoms with Crippen LogP contribution in [0.2, 0.25) is 0 Å². The zero-order chi connectivity index (χ0) is 36.1. The fraction of sp³-hybridized carbons (Fsp3) is 0.375. The number of halogens is 5. The summed E-state index contributed by atoms with van der Waals surface area (Å²) in [5.41, 5.74) is 3.32. The zero-order valence-corrected chi connectivity index (χ0v) is 28.3. The Morgan fingerprint density at radius 3 is 2.00 bits per heavy atom. The van der Waals surface area contributed by atoms with E-state index < -0.39 is 46.8 Å². The van der Waals surface area contributed by atoms with E-state index in [0.29, 0.717) is 5.56 Å². The summed E-state index contributed by atoms with van der Waals surface area (Å²) < 4.78 is 82.3. The summed E-state index contributed by atoms with van der Waals surface area (Å²) in [5.74, 6) is -12.4. The van der Waals surface area contributed by atoms with E-state index in [1.807, 2.05) is 54.6 Å². The lowest BCUT2D eigenvalue weighted by Gasteiger charge is -2.43. The molecular weight excluding hydrogens is 667 g/mol. The molecule has 6 rings (SSSR count). The highest BCUT2D eigenvalue weighted by atomic mass is 19.2. The van der Waals surface area contributed by atoms with Crippen LogP contribution < -0.4 is 5.32 Å². The van der Waals surface area contributed by atoms with E-state index in [1.54, 1.807) is 18.2 Å². The number of likely N-dealkylation sites (tertiary alicyclic amines) is 1. The van der Waals surface area contributed by atoms with Crippen molar-refractivity contribution < 1.29 is 41.3 Å². The zero-order valence-electron chi connectivity index (χ0n) is 28.3. The molecule has 2 aliphatic rings. The Kier molecular flexibility index (Phi) is 11.8. The van der Waals surface area contributed by atoms with E-state index >= 15 is 0 Å². The summed E-state index contributed by atoms with van der Waals surface area (Å²) in [5, 5.41) is 11.8. The van der Waals surface area contributed by atoms with E-state index in [0.717, 1.165) is 47.5 Å². The average molecular weight is 709 g/mol. The summed E-state index contributed by atoms with van der Waals surface area (Å²) >= 11 is 0. The molecule has 2 aliphatic heterocycles. The van der Waals surface area contributed by atoms with Crippen molar-refractivity contribution in [2.24, 2.45) is 5.92 Å². The summed E-state index contributed by atoms with van der Waals surface area (Å²) in [6.45, 7) is 4.80. The number of benzene rings is 4. The molecule has 51 heavy (non-hydrogen) atoms. The van der Waals surface area contributed by atoms with Gasteiger partial charge in [0, 0.05) is 24.6 Å². The lowest BCUT2D eigenvalue weighted by Crippen LogP contribution is -2.45. The Bertz CT molecular complexity index is 1780. The van der Waals surface area contributed by atoms with Crippen LogP contribution in [0.1, 0.15) is 84.0 Å². The number of hydrogen-bond donors (Lipinski definition) is 2. The molecule has 2 N–H and O–H groups in total. The van der Waals surface area contributed by atoms with Gasteiger partial charge in [0.05, 0.1) is 18.8 Å². The van der Waals surface area contributed by atoms with Crippen LogP contribution in [0, 0.1) is 35.0 Å². The minimum absolute atomic E-state index is 0.0347. The van der Waals surface area contributed by atoms with Gasteiger partial charge in [-0.15, -0.1) is 0 Å². The number of rotatable bonds is 9. The summed E-state index contributed by atoms with van der Waals surface area (Å²) in [7, 11) is 0. The lowest BCUT2D eigenvalue weighted by atomic mass is 9.89. The summed E-state index contributed by atoms with van der Waals surface area (Å²) in [4.78, 5) is 15.0. The van der Waals surface area contributed by atoms with Gasteiger partial charge in [0.1, 0.15) is 5.56 Å². The second-order valence-electron chi connectivity index (χ2n) is 13.3. The standard InChI is InChI=1S/C40H41F5N2O4/c1-24-31(22-47-18-5-3-2-4-6-19-47)50-40(51-38(24)28-12-10-25(23-48)11-13-28)29-16-14-27(15-17-29)30-9-7-8-26(20-30)21-46-39(49)32-33(41)35(43)37(45)36(44)34(32)42/h7-17,20,24,31,38,40,48H,2-6,18-19,21-23H2,1H3,(H,46,49). The molecule has 270 valence electrons. The van der Waals surface area contributed by atoms with Gasteiger partial charge in [-0.25, -0.2) is 22.0 Å². The predicted molar refractivity (Wildman–Crippen MR) is 182 cm³/mol. The van der Waals surface area contributed by atoms with Crippen molar-refractivity contribution in [3.63, 3.8) is 0 Å². The molecule has 0 radical (unpaired) electrons. The highest BCUT2D eigenvalue weighted by Crippen LogP contribution is 2.42. The maximum absolute atomic E-state index is 14.1. The van der Waals surface area contributed by atoms with Crippen LogP contribution in [0.3, 0.4) is 0 Å². The van der Waals surface area contributed by atoms with E-state index in [1.165, 1.54) is 32.1 Å². The highest BCUT2D eigenvalue weighted by Gasteiger charge is 2.39. The molecule has 0 saturated carbocycles. The summed E-state index contributed by atoms with van der Waals surface area (Å²) in [6.07, 6.45) is 5.18. The summed E-state index contributed by atoms with van der Waals surface area (Å²) in [6, 6.07) is 22.6. The average Bonchev–Trinajstić information content (AvgIpc) is 3.14. The van der Waals surface area contributed by atoms with Crippen molar-refractivity contribution in [2.45, 2.75) is 70.7 Å². The first-order valence-electron chi connectivity index (χ1n) is 17.4. The van der Waals surface area contributed by atoms with Crippen molar-refractivity contribution >= 4 is 5.91 Å². The van der Waals surface area contributed by atoms with Gasteiger partial charge in [-0.2, -0.15) is 0 Å². The topological polar surface area (TPSA) is 71.0 Å². The highest BCUT2D eigenvalue weighted by molar-refractivity contribution is 5.94. The van der Waals surface area contributed by atoms with Crippen molar-refractivity contribution in [3.8, 4) is 11.1 Å². The van der Waals surface area contributed by atoms with Gasteiger partial charge >= 0.3 is 0 Å². The largest absolute Gasteiger partial charge is 0.392 e. The van der Waals surface area contributed by atoms with Crippen LogP contribution in [-0.2, 0) is 22.6 Å². The molecule has 0 aliphatic carbocycles. The maximum Gasteiger partial charge on any atom is 0.257 e. The second-order valence-corrected chi connectivity index (χ2v) is 13.3. The lowest BCUT2D eigenvalue weighted by molar-refractivity contribution is -0.276. The number of ether oxygens (including phenoxy) is 2. The van der Waals surface area contributed by atoms with Gasteiger partial charge < -0.3 is 24.8 Å². The van der Waals surface area contributed by atoms with Crippen LogP contribution in [0.4, 0.5) is 22.0 Å². The van der Waals surface area contributed by atoms with Gasteiger partial charge in [-0.3, -0.25) is 4.79 Å². The first-order valence-corrected chi connectivity index (χ1v) is 17.4. The third-order valence-corrected chi connectivity index (χ3v) is 9.84. The minimum atomic E-state index is -2.33. The molecule has 2 fully saturated rings. The molecule has 1 amide bonds. The molecule has 4 unspecified atom stereocenters. The fourth-order valence-corrected chi connectivity index (χ4v) is 6.85. The number of nitrogens with zero attached hydrogens (tertiary/aromatic N) is 1. The van der Waals surface area contributed by atoms with E-state index in [2.05, 4.69) is 17.1 Å². The maximum atomic E-state index is 14.1. The number of carbonyl (C=O) groups excluding carboxylic acids is 1. The van der Waals surface area contributed by atoms with E-state index in [-0.39, 0.29) is 31.3 Å². The number of hydrogen-bond acceptors (Lipinski definition) is 5. The molecule has 4 aromatic carbocycles. The number of nitrogens with one attached hydrogen (secondary N) is 1. The van der Waals surface area contributed by atoms with Gasteiger partial charge in [-0.1, -0.05) is 92.9 Å². The van der Waals surface area contributed by atoms with Gasteiger partial charge in [0.25, 0.3) is 5.91 Å². The van der Waals surface area contributed by atoms with Crippen molar-refractivity contribution in [3.05, 3.63) is 130 Å². The molecule has 11 heteroatoms. The molecule has 4 aromatic rings. The molecule has 2 saturated heterocycles. The fourth-order valence-electron chi connectivity index (χ4n) is 6.85. The minimum Gasteiger partial charge on any atom is -0.392 e. The van der Waals surface area contributed by atoms with Crippen LogP contribution in [0.25, 0.3) is 11.1 Å². The molecule has 0 spiro atoms. The van der Waals surface area contributed by atoms with Crippen LogP contribution in [0.5, 0.6) is 0 Å². The van der Waals surface area contributed by atoms with Gasteiger partial charge in [-0.05, 0) is 59.8 Å². The van der Waals surface area contributed by atoms with Crippen LogP contribution in [-0.4, -0.2) is 41.7 Å². The van der Waals surface area contributed by atoms with Gasteiger partial charge in [0.15, 0.2) is 29.6 Å². The third-order valence-electron chi connectivity index (χ3n) is 9.84. The van der Waals surface area contributed by atoms with Crippen molar-refractivity contribution in [2.75, 3.05) is 19.6 Å². The monoisotopic (exact) mass is 708 g/mol. The number of amides is 1. The Balaban J connectivity index is 1.18. The number of aliphatic hydroxyl groups excluding tert-OH is 1. The normalized spacial score (nSPS) is 21.5. The van der Waals surface area contributed by atoms with E-state index in [9.17, 15) is 31.9 Å². The molecule has 4 atom stereocenters. The predicted octanol–water partition coefficient (Wildman–Crippen LogP) is 8.53. The first kappa shape index (κ1) is 36.6.